The highest BCUT2D eigenvalue weighted by Crippen LogP contribution is 2.28. The lowest BCUT2D eigenvalue weighted by atomic mass is 10.2. The van der Waals surface area contributed by atoms with Crippen LogP contribution in [0.15, 0.2) is 14.9 Å². The maximum atomic E-state index is 12.3. The average molecular weight is 380 g/mol. The molecule has 108 valence electrons. The van der Waals surface area contributed by atoms with E-state index in [1.54, 1.807) is 0 Å². The van der Waals surface area contributed by atoms with Gasteiger partial charge in [0.05, 0.1) is 9.98 Å². The van der Waals surface area contributed by atoms with Gasteiger partial charge in [-0.15, -0.1) is 0 Å². The number of H-pyrrole nitrogens is 1. The van der Waals surface area contributed by atoms with Crippen molar-refractivity contribution in [3.8, 4) is 0 Å². The molecule has 0 spiro atoms. The average Bonchev–Trinajstić information content (AvgIpc) is 2.82. The second-order valence-corrected chi connectivity index (χ2v) is 7.99. The summed E-state index contributed by atoms with van der Waals surface area (Å²) in [6, 6.07) is 0. The van der Waals surface area contributed by atoms with Gasteiger partial charge >= 0.3 is 5.97 Å². The van der Waals surface area contributed by atoms with E-state index in [9.17, 15) is 13.2 Å². The van der Waals surface area contributed by atoms with E-state index in [4.69, 9.17) is 5.11 Å². The van der Waals surface area contributed by atoms with Gasteiger partial charge in [-0.3, -0.25) is 4.72 Å². The summed E-state index contributed by atoms with van der Waals surface area (Å²) in [7, 11) is -3.89. The normalized spacial score (nSPS) is 11.6. The summed E-state index contributed by atoms with van der Waals surface area (Å²) in [6.45, 7) is 2.95. The van der Waals surface area contributed by atoms with Crippen LogP contribution >= 0.6 is 27.3 Å². The first-order chi connectivity index (χ1) is 9.22. The van der Waals surface area contributed by atoms with E-state index in [2.05, 4.69) is 30.6 Å². The molecule has 0 amide bonds. The molecule has 0 aliphatic carbocycles. The van der Waals surface area contributed by atoms with Crippen molar-refractivity contribution in [2.75, 3.05) is 4.72 Å². The quantitative estimate of drug-likeness (QED) is 0.754. The molecule has 7 nitrogen and oxygen atoms in total. The molecule has 0 aromatic carbocycles. The molecule has 0 bridgehead atoms. The molecule has 0 aliphatic rings. The third-order valence-electron chi connectivity index (χ3n) is 2.55. The zero-order valence-corrected chi connectivity index (χ0v) is 13.6. The van der Waals surface area contributed by atoms with E-state index in [0.717, 1.165) is 11.3 Å². The third kappa shape index (κ3) is 2.72. The highest BCUT2D eigenvalue weighted by atomic mass is 79.9. The number of carbonyl (C=O) groups is 1. The first kappa shape index (κ1) is 15.0. The molecule has 3 N–H and O–H groups in total. The number of aromatic carboxylic acids is 1. The molecule has 0 unspecified atom stereocenters. The van der Waals surface area contributed by atoms with E-state index < -0.39 is 16.0 Å². The van der Waals surface area contributed by atoms with Crippen molar-refractivity contribution in [3.05, 3.63) is 26.9 Å². The predicted octanol–water partition coefficient (Wildman–Crippen LogP) is 2.35. The number of carboxylic acids is 1. The number of hydrogen-bond acceptors (Lipinski definition) is 5. The number of thiazole rings is 1. The summed E-state index contributed by atoms with van der Waals surface area (Å²) in [5.41, 5.74) is 0.296. The van der Waals surface area contributed by atoms with E-state index in [1.165, 1.54) is 20.0 Å². The molecule has 0 aliphatic heterocycles. The first-order valence-corrected chi connectivity index (χ1v) is 8.38. The number of sulfonamides is 1. The second kappa shape index (κ2) is 5.19. The number of hydrogen-bond donors (Lipinski definition) is 3. The van der Waals surface area contributed by atoms with E-state index >= 15 is 0 Å². The summed E-state index contributed by atoms with van der Waals surface area (Å²) >= 11 is 4.31. The minimum Gasteiger partial charge on any atom is -0.477 e. The zero-order valence-electron chi connectivity index (χ0n) is 10.4. The van der Waals surface area contributed by atoms with Crippen LogP contribution in [0.3, 0.4) is 0 Å². The SMILES string of the molecule is Cc1[nH]c(C(=O)O)c(C)c1S(=O)(=O)Nc1ncc(Br)s1. The standard InChI is InChI=1S/C10H10BrN3O4S2/c1-4-7(9(15)16)13-5(2)8(4)20(17,18)14-10-12-3-6(11)19-10/h3,13H,1-2H3,(H,12,14)(H,15,16). The molecule has 2 aromatic heterocycles. The molecule has 0 saturated carbocycles. The van der Waals surface area contributed by atoms with E-state index in [-0.39, 0.29) is 27.0 Å². The molecule has 0 fully saturated rings. The van der Waals surface area contributed by atoms with Gasteiger partial charge in [-0.1, -0.05) is 11.3 Å². The largest absolute Gasteiger partial charge is 0.477 e. The van der Waals surface area contributed by atoms with Crippen molar-refractivity contribution in [1.29, 1.82) is 0 Å². The van der Waals surface area contributed by atoms with Gasteiger partial charge in [0.2, 0.25) is 0 Å². The molecule has 10 heteroatoms. The monoisotopic (exact) mass is 379 g/mol. The topological polar surface area (TPSA) is 112 Å². The van der Waals surface area contributed by atoms with Gasteiger partial charge in [0.1, 0.15) is 10.6 Å². The Bertz CT molecular complexity index is 779. The van der Waals surface area contributed by atoms with Crippen molar-refractivity contribution in [1.82, 2.24) is 9.97 Å². The van der Waals surface area contributed by atoms with Gasteiger partial charge < -0.3 is 10.1 Å². The van der Waals surface area contributed by atoms with Crippen molar-refractivity contribution >= 4 is 48.4 Å². The minimum atomic E-state index is -3.89. The van der Waals surface area contributed by atoms with Gasteiger partial charge in [0.25, 0.3) is 10.0 Å². The van der Waals surface area contributed by atoms with Gasteiger partial charge in [-0.25, -0.2) is 18.2 Å². The number of rotatable bonds is 4. The number of aromatic nitrogens is 2. The zero-order chi connectivity index (χ0) is 15.1. The predicted molar refractivity (Wildman–Crippen MR) is 77.8 cm³/mol. The van der Waals surface area contributed by atoms with Crippen molar-refractivity contribution in [2.24, 2.45) is 0 Å². The molecule has 0 saturated heterocycles. The van der Waals surface area contributed by atoms with Crippen molar-refractivity contribution < 1.29 is 18.3 Å². The fourth-order valence-electron chi connectivity index (χ4n) is 1.82. The van der Waals surface area contributed by atoms with Gasteiger partial charge in [0.15, 0.2) is 5.13 Å². The Balaban J connectivity index is 2.47. The fourth-order valence-corrected chi connectivity index (χ4v) is 4.61. The number of halogens is 1. The second-order valence-electron chi connectivity index (χ2n) is 3.96. The lowest BCUT2D eigenvalue weighted by Crippen LogP contribution is -2.14. The van der Waals surface area contributed by atoms with Crippen LogP contribution in [0.2, 0.25) is 0 Å². The number of aromatic amines is 1. The Hall–Kier alpha value is -1.39. The summed E-state index contributed by atoms with van der Waals surface area (Å²) < 4.78 is 27.6. The van der Waals surface area contributed by atoms with Crippen LogP contribution in [0.25, 0.3) is 0 Å². The van der Waals surface area contributed by atoms with E-state index in [0.29, 0.717) is 3.79 Å². The number of aryl methyl sites for hydroxylation is 1. The molecule has 2 heterocycles. The Morgan fingerprint density at radius 3 is 2.60 bits per heavy atom. The molecular formula is C10H10BrN3O4S2. The first-order valence-electron chi connectivity index (χ1n) is 5.29. The lowest BCUT2D eigenvalue weighted by Gasteiger charge is -2.05. The van der Waals surface area contributed by atoms with Crippen molar-refractivity contribution in [3.63, 3.8) is 0 Å². The highest BCUT2D eigenvalue weighted by Gasteiger charge is 2.27. The van der Waals surface area contributed by atoms with Crippen LogP contribution in [-0.4, -0.2) is 29.5 Å². The number of anilines is 1. The number of nitrogens with one attached hydrogen (secondary N) is 2. The Morgan fingerprint density at radius 1 is 1.50 bits per heavy atom. The van der Waals surface area contributed by atoms with Crippen molar-refractivity contribution in [2.45, 2.75) is 18.7 Å². The molecule has 0 atom stereocenters. The molecule has 20 heavy (non-hydrogen) atoms. The smallest absolute Gasteiger partial charge is 0.352 e. The summed E-state index contributed by atoms with van der Waals surface area (Å²) in [5.74, 6) is -1.20. The van der Waals surface area contributed by atoms with Crippen LogP contribution in [0, 0.1) is 13.8 Å². The Labute approximate surface area is 127 Å². The lowest BCUT2D eigenvalue weighted by molar-refractivity contribution is 0.0690. The Morgan fingerprint density at radius 2 is 2.15 bits per heavy atom. The maximum Gasteiger partial charge on any atom is 0.352 e. The van der Waals surface area contributed by atoms with Gasteiger partial charge in [-0.2, -0.15) is 0 Å². The van der Waals surface area contributed by atoms with Crippen LogP contribution in [0.1, 0.15) is 21.7 Å². The number of carboxylic acid groups (broad SMARTS) is 1. The van der Waals surface area contributed by atoms with Crippen LogP contribution < -0.4 is 4.72 Å². The fraction of sp³-hybridized carbons (Fsp3) is 0.200. The van der Waals surface area contributed by atoms with Gasteiger partial charge in [0, 0.05) is 11.3 Å². The van der Waals surface area contributed by atoms with Crippen LogP contribution in [0.5, 0.6) is 0 Å². The summed E-state index contributed by atoms with van der Waals surface area (Å²) in [4.78, 5) is 17.4. The molecule has 2 rings (SSSR count). The summed E-state index contributed by atoms with van der Waals surface area (Å²) in [5, 5.41) is 9.20. The minimum absolute atomic E-state index is 0.0683. The highest BCUT2D eigenvalue weighted by molar-refractivity contribution is 9.11. The molecular weight excluding hydrogens is 370 g/mol. The van der Waals surface area contributed by atoms with Crippen LogP contribution in [-0.2, 0) is 10.0 Å². The maximum absolute atomic E-state index is 12.3. The molecule has 0 radical (unpaired) electrons. The van der Waals surface area contributed by atoms with Crippen LogP contribution in [0.4, 0.5) is 5.13 Å². The Kier molecular flexibility index (Phi) is 3.89. The third-order valence-corrected chi connectivity index (χ3v) is 5.68. The summed E-state index contributed by atoms with van der Waals surface area (Å²) in [6.07, 6.45) is 1.47. The van der Waals surface area contributed by atoms with Gasteiger partial charge in [-0.05, 0) is 29.8 Å². The van der Waals surface area contributed by atoms with E-state index in [1.807, 2.05) is 0 Å². The number of nitrogens with zero attached hydrogens (tertiary/aromatic N) is 1. The molecule has 2 aromatic rings.